The van der Waals surface area contributed by atoms with E-state index in [9.17, 15) is 5.11 Å². The molecule has 0 unspecified atom stereocenters. The fourth-order valence-corrected chi connectivity index (χ4v) is 2.66. The van der Waals surface area contributed by atoms with Crippen LogP contribution in [0.15, 0.2) is 18.2 Å². The van der Waals surface area contributed by atoms with Crippen molar-refractivity contribution in [3.05, 3.63) is 23.8 Å². The van der Waals surface area contributed by atoms with Crippen molar-refractivity contribution in [2.24, 2.45) is 5.92 Å². The van der Waals surface area contributed by atoms with E-state index < -0.39 is 0 Å². The highest BCUT2D eigenvalue weighted by Gasteiger charge is 2.14. The topological polar surface area (TPSA) is 32.3 Å². The van der Waals surface area contributed by atoms with Gasteiger partial charge < -0.3 is 10.4 Å². The van der Waals surface area contributed by atoms with Crippen molar-refractivity contribution < 1.29 is 5.11 Å². The van der Waals surface area contributed by atoms with Crippen LogP contribution in [0.1, 0.15) is 37.7 Å². The SMILES string of the molecule is CNc1cc(O)cc(CC2CCCCC2)c1. The number of aromatic hydroxyl groups is 1. The number of benzene rings is 1. The summed E-state index contributed by atoms with van der Waals surface area (Å²) >= 11 is 0. The lowest BCUT2D eigenvalue weighted by Gasteiger charge is -2.21. The van der Waals surface area contributed by atoms with Gasteiger partial charge in [0.2, 0.25) is 0 Å². The molecule has 2 nitrogen and oxygen atoms in total. The summed E-state index contributed by atoms with van der Waals surface area (Å²) in [7, 11) is 1.89. The van der Waals surface area contributed by atoms with E-state index in [0.29, 0.717) is 5.75 Å². The van der Waals surface area contributed by atoms with Gasteiger partial charge in [0.15, 0.2) is 0 Å². The number of hydrogen-bond acceptors (Lipinski definition) is 2. The Morgan fingerprint density at radius 2 is 1.94 bits per heavy atom. The molecule has 2 rings (SSSR count). The van der Waals surface area contributed by atoms with Gasteiger partial charge in [-0.05, 0) is 30.0 Å². The number of hydrogen-bond donors (Lipinski definition) is 2. The fourth-order valence-electron chi connectivity index (χ4n) is 2.66. The Morgan fingerprint density at radius 1 is 1.19 bits per heavy atom. The first-order chi connectivity index (χ1) is 7.78. The maximum atomic E-state index is 9.61. The van der Waals surface area contributed by atoms with E-state index in [4.69, 9.17) is 0 Å². The molecule has 1 aliphatic carbocycles. The van der Waals surface area contributed by atoms with Crippen LogP contribution in [0.5, 0.6) is 5.75 Å². The molecule has 1 saturated carbocycles. The molecule has 88 valence electrons. The number of rotatable bonds is 3. The first-order valence-electron chi connectivity index (χ1n) is 6.28. The second-order valence-electron chi connectivity index (χ2n) is 4.85. The third-order valence-electron chi connectivity index (χ3n) is 3.52. The first kappa shape index (κ1) is 11.3. The fraction of sp³-hybridized carbons (Fsp3) is 0.571. The molecule has 0 saturated heterocycles. The van der Waals surface area contributed by atoms with Gasteiger partial charge in [0.05, 0.1) is 0 Å². The van der Waals surface area contributed by atoms with Gasteiger partial charge in [-0.25, -0.2) is 0 Å². The van der Waals surface area contributed by atoms with Crippen molar-refractivity contribution in [1.29, 1.82) is 0 Å². The minimum absolute atomic E-state index is 0.373. The van der Waals surface area contributed by atoms with Crippen molar-refractivity contribution in [2.75, 3.05) is 12.4 Å². The van der Waals surface area contributed by atoms with E-state index in [1.807, 2.05) is 13.1 Å². The van der Waals surface area contributed by atoms with Gasteiger partial charge in [0, 0.05) is 18.8 Å². The van der Waals surface area contributed by atoms with E-state index in [1.54, 1.807) is 6.07 Å². The number of phenolic OH excluding ortho intramolecular Hbond substituents is 1. The predicted molar refractivity (Wildman–Crippen MR) is 67.9 cm³/mol. The van der Waals surface area contributed by atoms with Crippen LogP contribution < -0.4 is 5.32 Å². The quantitative estimate of drug-likeness (QED) is 0.814. The molecule has 0 aromatic heterocycles. The van der Waals surface area contributed by atoms with Crippen LogP contribution in [0.2, 0.25) is 0 Å². The van der Waals surface area contributed by atoms with Crippen LogP contribution in [-0.2, 0) is 6.42 Å². The summed E-state index contributed by atoms with van der Waals surface area (Å²) in [5, 5.41) is 12.7. The van der Waals surface area contributed by atoms with Crippen LogP contribution >= 0.6 is 0 Å². The van der Waals surface area contributed by atoms with E-state index in [1.165, 1.54) is 37.7 Å². The van der Waals surface area contributed by atoms with Crippen molar-refractivity contribution >= 4 is 5.69 Å². The van der Waals surface area contributed by atoms with Crippen LogP contribution in [-0.4, -0.2) is 12.2 Å². The summed E-state index contributed by atoms with van der Waals surface area (Å²) in [5.74, 6) is 1.19. The molecule has 2 N–H and O–H groups in total. The van der Waals surface area contributed by atoms with Crippen molar-refractivity contribution in [2.45, 2.75) is 38.5 Å². The zero-order valence-corrected chi connectivity index (χ0v) is 10.00. The second-order valence-corrected chi connectivity index (χ2v) is 4.85. The monoisotopic (exact) mass is 219 g/mol. The molecule has 1 aromatic rings. The van der Waals surface area contributed by atoms with Gasteiger partial charge in [-0.15, -0.1) is 0 Å². The molecule has 16 heavy (non-hydrogen) atoms. The Kier molecular flexibility index (Phi) is 3.70. The molecular formula is C14H21NO. The third-order valence-corrected chi connectivity index (χ3v) is 3.52. The molecule has 0 amide bonds. The molecule has 1 aliphatic rings. The van der Waals surface area contributed by atoms with Gasteiger partial charge >= 0.3 is 0 Å². The lowest BCUT2D eigenvalue weighted by Crippen LogP contribution is -2.09. The first-order valence-corrected chi connectivity index (χ1v) is 6.28. The van der Waals surface area contributed by atoms with Crippen LogP contribution in [0.3, 0.4) is 0 Å². The minimum Gasteiger partial charge on any atom is -0.508 e. The van der Waals surface area contributed by atoms with Gasteiger partial charge in [0.25, 0.3) is 0 Å². The summed E-state index contributed by atoms with van der Waals surface area (Å²) in [6, 6.07) is 5.81. The largest absolute Gasteiger partial charge is 0.508 e. The highest BCUT2D eigenvalue weighted by molar-refractivity contribution is 5.50. The Balaban J connectivity index is 2.04. The van der Waals surface area contributed by atoms with Crippen molar-refractivity contribution in [3.8, 4) is 5.75 Å². The molecule has 0 aliphatic heterocycles. The molecule has 1 fully saturated rings. The van der Waals surface area contributed by atoms with Gasteiger partial charge in [0.1, 0.15) is 5.75 Å². The molecule has 0 radical (unpaired) electrons. The normalized spacial score (nSPS) is 17.3. The number of anilines is 1. The van der Waals surface area contributed by atoms with E-state index in [-0.39, 0.29) is 0 Å². The zero-order valence-electron chi connectivity index (χ0n) is 10.00. The minimum atomic E-state index is 0.373. The van der Waals surface area contributed by atoms with E-state index in [2.05, 4.69) is 11.4 Å². The van der Waals surface area contributed by atoms with Gasteiger partial charge in [-0.3, -0.25) is 0 Å². The summed E-state index contributed by atoms with van der Waals surface area (Å²) in [6.07, 6.45) is 7.97. The highest BCUT2D eigenvalue weighted by atomic mass is 16.3. The average Bonchev–Trinajstić information content (AvgIpc) is 2.29. The van der Waals surface area contributed by atoms with Crippen LogP contribution in [0.4, 0.5) is 5.69 Å². The lowest BCUT2D eigenvalue weighted by atomic mass is 9.85. The van der Waals surface area contributed by atoms with Crippen molar-refractivity contribution in [3.63, 3.8) is 0 Å². The summed E-state index contributed by atoms with van der Waals surface area (Å²) in [5.41, 5.74) is 2.27. The summed E-state index contributed by atoms with van der Waals surface area (Å²) in [4.78, 5) is 0. The highest BCUT2D eigenvalue weighted by Crippen LogP contribution is 2.29. The Labute approximate surface area is 97.7 Å². The van der Waals surface area contributed by atoms with E-state index in [0.717, 1.165) is 18.0 Å². The molecular weight excluding hydrogens is 198 g/mol. The molecule has 0 heterocycles. The Hall–Kier alpha value is -1.18. The second kappa shape index (κ2) is 5.24. The smallest absolute Gasteiger partial charge is 0.117 e. The van der Waals surface area contributed by atoms with Crippen LogP contribution in [0, 0.1) is 5.92 Å². The standard InChI is InChI=1S/C14H21NO/c1-15-13-8-12(9-14(16)10-13)7-11-5-3-2-4-6-11/h8-11,15-16H,2-7H2,1H3. The molecule has 0 bridgehead atoms. The molecule has 1 aromatic carbocycles. The molecule has 2 heteroatoms. The number of phenols is 1. The maximum Gasteiger partial charge on any atom is 0.117 e. The van der Waals surface area contributed by atoms with Gasteiger partial charge in [-0.1, -0.05) is 32.1 Å². The molecule has 0 atom stereocenters. The molecule has 0 spiro atoms. The predicted octanol–water partition coefficient (Wildman–Crippen LogP) is 3.56. The summed E-state index contributed by atoms with van der Waals surface area (Å²) in [6.45, 7) is 0. The Morgan fingerprint density at radius 3 is 2.62 bits per heavy atom. The van der Waals surface area contributed by atoms with Gasteiger partial charge in [-0.2, -0.15) is 0 Å². The lowest BCUT2D eigenvalue weighted by molar-refractivity contribution is 0.356. The number of nitrogens with one attached hydrogen (secondary N) is 1. The maximum absolute atomic E-state index is 9.61. The third kappa shape index (κ3) is 2.91. The Bertz CT molecular complexity index is 343. The van der Waals surface area contributed by atoms with Crippen LogP contribution in [0.25, 0.3) is 0 Å². The van der Waals surface area contributed by atoms with E-state index >= 15 is 0 Å². The zero-order chi connectivity index (χ0) is 11.4. The summed E-state index contributed by atoms with van der Waals surface area (Å²) < 4.78 is 0. The van der Waals surface area contributed by atoms with Crippen molar-refractivity contribution in [1.82, 2.24) is 0 Å². The average molecular weight is 219 g/mol.